The highest BCUT2D eigenvalue weighted by molar-refractivity contribution is 5.74. The van der Waals surface area contributed by atoms with E-state index in [1.54, 1.807) is 0 Å². The highest BCUT2D eigenvalue weighted by Crippen LogP contribution is 2.27. The molecule has 0 aromatic heterocycles. The van der Waals surface area contributed by atoms with Gasteiger partial charge < -0.3 is 20.4 Å². The number of benzene rings is 1. The first-order valence-corrected chi connectivity index (χ1v) is 3.18. The second kappa shape index (κ2) is 3.32. The van der Waals surface area contributed by atoms with Crippen LogP contribution in [0.5, 0.6) is 11.5 Å². The van der Waals surface area contributed by atoms with E-state index >= 15 is 0 Å². The van der Waals surface area contributed by atoms with Crippen LogP contribution in [0.2, 0.25) is 0 Å². The molecule has 1 aromatic rings. The van der Waals surface area contributed by atoms with E-state index in [4.69, 9.17) is 19.4 Å². The summed E-state index contributed by atoms with van der Waals surface area (Å²) in [6, 6.07) is -0.956. The molecule has 0 spiro atoms. The Bertz CT molecular complexity index is 457. The van der Waals surface area contributed by atoms with Gasteiger partial charge >= 0.3 is 5.97 Å². The summed E-state index contributed by atoms with van der Waals surface area (Å²) in [7, 11) is 0. The number of rotatable bonds is 2. The van der Waals surface area contributed by atoms with Gasteiger partial charge in [-0.25, -0.2) is 4.79 Å². The van der Waals surface area contributed by atoms with Gasteiger partial charge in [0.15, 0.2) is 17.6 Å². The molecule has 0 heterocycles. The van der Waals surface area contributed by atoms with Crippen molar-refractivity contribution in [3.8, 4) is 11.5 Å². The van der Waals surface area contributed by atoms with Crippen molar-refractivity contribution < 1.29 is 29.3 Å². The lowest BCUT2D eigenvalue weighted by atomic mass is 10.1. The number of aliphatic hydroxyl groups is 1. The van der Waals surface area contributed by atoms with E-state index in [2.05, 4.69) is 0 Å². The van der Waals surface area contributed by atoms with Crippen molar-refractivity contribution in [1.82, 2.24) is 0 Å². The Hall–Kier alpha value is -1.75. The Labute approximate surface area is 77.7 Å². The van der Waals surface area contributed by atoms with Gasteiger partial charge in [0.05, 0.1) is 4.11 Å². The maximum absolute atomic E-state index is 10.6. The van der Waals surface area contributed by atoms with Gasteiger partial charge in [0.2, 0.25) is 0 Å². The molecule has 0 amide bonds. The Kier molecular flexibility index (Phi) is 1.49. The van der Waals surface area contributed by atoms with Gasteiger partial charge in [0, 0.05) is 0 Å². The zero-order chi connectivity index (χ0) is 12.7. The summed E-state index contributed by atoms with van der Waals surface area (Å²) in [4.78, 5) is 10.6. The van der Waals surface area contributed by atoms with Crippen molar-refractivity contribution >= 4 is 5.97 Å². The Morgan fingerprint density at radius 1 is 1.54 bits per heavy atom. The number of aliphatic carboxylic acids is 1. The summed E-state index contributed by atoms with van der Waals surface area (Å²) in [5.74, 6) is -3.91. The zero-order valence-corrected chi connectivity index (χ0v) is 6.27. The summed E-state index contributed by atoms with van der Waals surface area (Å²) >= 11 is 0. The molecule has 13 heavy (non-hydrogen) atoms. The van der Waals surface area contributed by atoms with E-state index < -0.39 is 41.2 Å². The second-order valence-corrected chi connectivity index (χ2v) is 2.18. The normalized spacial score (nSPS) is 18.1. The molecule has 4 N–H and O–H groups in total. The Balaban J connectivity index is 3.54. The molecule has 0 fully saturated rings. The van der Waals surface area contributed by atoms with E-state index in [0.29, 0.717) is 6.07 Å². The summed E-state index contributed by atoms with van der Waals surface area (Å²) in [5, 5.41) is 36.0. The number of carboxylic acids is 1. The number of hydrogen-bond donors (Lipinski definition) is 4. The smallest absolute Gasteiger partial charge is 0.337 e. The molecule has 0 aliphatic rings. The molecule has 5 nitrogen and oxygen atoms in total. The molecule has 0 saturated carbocycles. The summed E-state index contributed by atoms with van der Waals surface area (Å²) in [6.07, 6.45) is -3.15. The van der Waals surface area contributed by atoms with Gasteiger partial charge in [0.1, 0.15) is 0 Å². The monoisotopic (exact) mass is 187 g/mol. The van der Waals surface area contributed by atoms with Gasteiger partial charge in [-0.15, -0.1) is 0 Å². The average molecular weight is 187 g/mol. The molecule has 1 rings (SSSR count). The van der Waals surface area contributed by atoms with Crippen molar-refractivity contribution in [2.24, 2.45) is 0 Å². The number of carboxylic acid groups (broad SMARTS) is 1. The lowest BCUT2D eigenvalue weighted by molar-refractivity contribution is -0.146. The van der Waals surface area contributed by atoms with Crippen LogP contribution in [0, 0.1) is 0 Å². The third-order valence-electron chi connectivity index (χ3n) is 1.29. The first kappa shape index (κ1) is 5.82. The van der Waals surface area contributed by atoms with E-state index in [-0.39, 0.29) is 0 Å². The largest absolute Gasteiger partial charge is 0.504 e. The third-order valence-corrected chi connectivity index (χ3v) is 1.29. The van der Waals surface area contributed by atoms with Gasteiger partial charge in [-0.05, 0) is 17.6 Å². The van der Waals surface area contributed by atoms with E-state index in [9.17, 15) is 9.90 Å². The molecular formula is C8H8O5. The molecule has 0 bridgehead atoms. The molecule has 0 aliphatic carbocycles. The maximum atomic E-state index is 10.6. The minimum Gasteiger partial charge on any atom is -0.504 e. The first-order chi connectivity index (χ1) is 7.19. The van der Waals surface area contributed by atoms with Gasteiger partial charge in [-0.1, -0.05) is 6.07 Å². The molecule has 1 aromatic carbocycles. The fourth-order valence-corrected chi connectivity index (χ4v) is 0.674. The van der Waals surface area contributed by atoms with E-state index in [0.717, 1.165) is 0 Å². The minimum absolute atomic E-state index is 0.637. The van der Waals surface area contributed by atoms with Gasteiger partial charge in [0.25, 0.3) is 0 Å². The fraction of sp³-hybridized carbons (Fsp3) is 0.125. The van der Waals surface area contributed by atoms with Crippen LogP contribution < -0.4 is 0 Å². The Morgan fingerprint density at radius 2 is 2.15 bits per heavy atom. The number of aromatic hydroxyl groups is 2. The Morgan fingerprint density at radius 3 is 2.69 bits per heavy atom. The van der Waals surface area contributed by atoms with Crippen LogP contribution in [-0.2, 0) is 4.79 Å². The SMILES string of the molecule is [2H]c1cc(C([2H])(O)C(=O)O)c([2H])c(O)c1O. The molecule has 1 atom stereocenters. The minimum atomic E-state index is -3.15. The quantitative estimate of drug-likeness (QED) is 0.496. The molecule has 5 heteroatoms. The van der Waals surface area contributed by atoms with E-state index in [1.807, 2.05) is 0 Å². The van der Waals surface area contributed by atoms with Crippen LogP contribution in [0.3, 0.4) is 0 Å². The maximum Gasteiger partial charge on any atom is 0.337 e. The molecule has 0 radical (unpaired) electrons. The summed E-state index contributed by atoms with van der Waals surface area (Å²) in [5.41, 5.74) is -0.791. The van der Waals surface area contributed by atoms with Crippen molar-refractivity contribution in [2.75, 3.05) is 0 Å². The van der Waals surface area contributed by atoms with Crippen LogP contribution in [0.25, 0.3) is 0 Å². The number of phenolic OH excluding ortho intramolecular Hbond substituents is 2. The van der Waals surface area contributed by atoms with Crippen LogP contribution in [0.15, 0.2) is 18.2 Å². The van der Waals surface area contributed by atoms with Crippen molar-refractivity contribution in [3.63, 3.8) is 0 Å². The van der Waals surface area contributed by atoms with Crippen molar-refractivity contribution in [3.05, 3.63) is 23.7 Å². The van der Waals surface area contributed by atoms with Crippen LogP contribution in [0.1, 0.15) is 15.8 Å². The van der Waals surface area contributed by atoms with Crippen LogP contribution >= 0.6 is 0 Å². The first-order valence-electron chi connectivity index (χ1n) is 4.68. The standard InChI is InChI=1S/C8H8O5/c9-5-2-1-4(3-6(5)10)7(11)8(12)13/h1-3,7,9-11H,(H,12,13)/i2D,3D,7D. The molecule has 0 aliphatic heterocycles. The average Bonchev–Trinajstić information content (AvgIpc) is 2.19. The van der Waals surface area contributed by atoms with E-state index in [1.165, 1.54) is 0 Å². The molecule has 0 saturated heterocycles. The fourth-order valence-electron chi connectivity index (χ4n) is 0.674. The summed E-state index contributed by atoms with van der Waals surface area (Å²) in [6.45, 7) is 0. The van der Waals surface area contributed by atoms with Gasteiger partial charge in [-0.2, -0.15) is 0 Å². The highest BCUT2D eigenvalue weighted by atomic mass is 16.4. The predicted molar refractivity (Wildman–Crippen MR) is 42.4 cm³/mol. The molecule has 1 unspecified atom stereocenters. The molecular weight excluding hydrogens is 176 g/mol. The summed E-state index contributed by atoms with van der Waals surface area (Å²) < 4.78 is 21.5. The number of carbonyl (C=O) groups is 1. The third kappa shape index (κ3) is 1.88. The van der Waals surface area contributed by atoms with Crippen molar-refractivity contribution in [2.45, 2.75) is 6.08 Å². The molecule has 70 valence electrons. The lowest BCUT2D eigenvalue weighted by Crippen LogP contribution is -2.09. The second-order valence-electron chi connectivity index (χ2n) is 2.18. The number of hydrogen-bond acceptors (Lipinski definition) is 4. The van der Waals surface area contributed by atoms with Crippen molar-refractivity contribution in [1.29, 1.82) is 0 Å². The van der Waals surface area contributed by atoms with Gasteiger partial charge in [-0.3, -0.25) is 0 Å². The van der Waals surface area contributed by atoms with Crippen LogP contribution in [0.4, 0.5) is 0 Å². The predicted octanol–water partition coefficient (Wildman–Crippen LogP) is 0.216. The zero-order valence-electron chi connectivity index (χ0n) is 9.27. The van der Waals surface area contributed by atoms with Crippen LogP contribution in [-0.4, -0.2) is 26.4 Å². The lowest BCUT2D eigenvalue weighted by Gasteiger charge is -2.06. The highest BCUT2D eigenvalue weighted by Gasteiger charge is 2.16. The number of phenols is 2. The topological polar surface area (TPSA) is 98.0 Å².